The predicted molar refractivity (Wildman–Crippen MR) is 132 cm³/mol. The van der Waals surface area contributed by atoms with Gasteiger partial charge in [0.1, 0.15) is 17.8 Å². The van der Waals surface area contributed by atoms with Crippen molar-refractivity contribution in [1.82, 2.24) is 0 Å². The molecule has 0 aromatic carbocycles. The van der Waals surface area contributed by atoms with Gasteiger partial charge >= 0.3 is 11.9 Å². The minimum Gasteiger partial charge on any atom is -0.456 e. The molecule has 8 heteroatoms. The third-order valence-corrected chi connectivity index (χ3v) is 11.8. The van der Waals surface area contributed by atoms with Gasteiger partial charge in [-0.05, 0) is 82.6 Å². The lowest BCUT2D eigenvalue weighted by Gasteiger charge is -2.58. The Kier molecular flexibility index (Phi) is 5.43. The molecule has 0 amide bonds. The first-order valence-corrected chi connectivity index (χ1v) is 14.1. The number of carbonyl (C=O) groups is 2. The molecule has 3 heterocycles. The Morgan fingerprint density at radius 3 is 2.41 bits per heavy atom. The molecule has 2 saturated heterocycles. The standard InChI is InChI=1S/C29H42O8/c1-15-12-18(35-24(15)32)23(31)16(2)17-8-9-29(34)20-7-6-19-25(3,4)36-21-13-22(30)37-28(19,21)14-27(20,33)11-10-26(17,29)5/h12,16-21,23,31,33-34H,6-11,13-14H2,1-5H3. The SMILES string of the molecule is CC1=CC(C(O)C(C)C2CCC3(O)C4CCC5C(C)(C)OC6CC(=O)OC65CC4(O)CCC23C)OC1=O. The number of fused-ring (bicyclic) bond motifs is 3. The van der Waals surface area contributed by atoms with Gasteiger partial charge < -0.3 is 29.5 Å². The number of aliphatic hydroxyl groups excluding tert-OH is 1. The van der Waals surface area contributed by atoms with E-state index in [4.69, 9.17) is 14.2 Å². The van der Waals surface area contributed by atoms with E-state index in [1.54, 1.807) is 13.0 Å². The average molecular weight is 519 g/mol. The zero-order chi connectivity index (χ0) is 26.8. The molecule has 6 rings (SSSR count). The summed E-state index contributed by atoms with van der Waals surface area (Å²) in [5.74, 6) is -1.28. The molecule has 8 nitrogen and oxygen atoms in total. The van der Waals surface area contributed by atoms with E-state index < -0.39 is 46.0 Å². The van der Waals surface area contributed by atoms with Crippen molar-refractivity contribution in [1.29, 1.82) is 0 Å². The van der Waals surface area contributed by atoms with E-state index in [-0.39, 0.29) is 42.2 Å². The van der Waals surface area contributed by atoms with Crippen LogP contribution in [0.3, 0.4) is 0 Å². The van der Waals surface area contributed by atoms with Gasteiger partial charge in [0.2, 0.25) is 0 Å². The maximum absolute atomic E-state index is 12.5. The lowest BCUT2D eigenvalue weighted by molar-refractivity contribution is -0.233. The molecule has 0 bridgehead atoms. The number of hydrogen-bond acceptors (Lipinski definition) is 8. The van der Waals surface area contributed by atoms with E-state index in [0.29, 0.717) is 44.1 Å². The Balaban J connectivity index is 1.31. The van der Waals surface area contributed by atoms with Crippen LogP contribution >= 0.6 is 0 Å². The normalized spacial score (nSPS) is 51.7. The van der Waals surface area contributed by atoms with E-state index >= 15 is 0 Å². The van der Waals surface area contributed by atoms with Crippen molar-refractivity contribution >= 4 is 11.9 Å². The number of carbonyl (C=O) groups excluding carboxylic acids is 2. The van der Waals surface area contributed by atoms with Gasteiger partial charge in [0, 0.05) is 23.8 Å². The largest absolute Gasteiger partial charge is 0.456 e. The maximum Gasteiger partial charge on any atom is 0.334 e. The fourth-order valence-corrected chi connectivity index (χ4v) is 10.00. The van der Waals surface area contributed by atoms with Crippen LogP contribution in [0.5, 0.6) is 0 Å². The van der Waals surface area contributed by atoms with E-state index in [9.17, 15) is 24.9 Å². The summed E-state index contributed by atoms with van der Waals surface area (Å²) in [6.45, 7) is 9.89. The number of cyclic esters (lactones) is 1. The second-order valence-electron chi connectivity index (χ2n) is 13.9. The molecule has 11 atom stereocenters. The summed E-state index contributed by atoms with van der Waals surface area (Å²) in [7, 11) is 0. The highest BCUT2D eigenvalue weighted by Crippen LogP contribution is 2.69. The van der Waals surface area contributed by atoms with Crippen LogP contribution in [0.15, 0.2) is 11.6 Å². The van der Waals surface area contributed by atoms with Gasteiger partial charge in [0.15, 0.2) is 0 Å². The lowest BCUT2D eigenvalue weighted by Crippen LogP contribution is -2.64. The van der Waals surface area contributed by atoms with Gasteiger partial charge in [-0.3, -0.25) is 4.79 Å². The molecule has 1 spiro atoms. The summed E-state index contributed by atoms with van der Waals surface area (Å²) >= 11 is 0. The van der Waals surface area contributed by atoms with Crippen molar-refractivity contribution in [3.8, 4) is 0 Å². The van der Waals surface area contributed by atoms with E-state index in [1.165, 1.54) is 0 Å². The first-order chi connectivity index (χ1) is 17.2. The molecule has 6 aliphatic rings. The highest BCUT2D eigenvalue weighted by molar-refractivity contribution is 5.90. The van der Waals surface area contributed by atoms with Crippen LogP contribution in [0.2, 0.25) is 0 Å². The maximum atomic E-state index is 12.5. The Hall–Kier alpha value is -1.48. The summed E-state index contributed by atoms with van der Waals surface area (Å²) in [6.07, 6.45) is 3.96. The molecule has 3 aliphatic carbocycles. The molecule has 37 heavy (non-hydrogen) atoms. The van der Waals surface area contributed by atoms with E-state index in [0.717, 1.165) is 6.42 Å². The van der Waals surface area contributed by atoms with Crippen molar-refractivity contribution in [2.24, 2.45) is 29.1 Å². The quantitative estimate of drug-likeness (QED) is 0.488. The van der Waals surface area contributed by atoms with Gasteiger partial charge in [0.25, 0.3) is 0 Å². The topological polar surface area (TPSA) is 123 Å². The summed E-state index contributed by atoms with van der Waals surface area (Å²) in [5.41, 5.74) is -3.63. The van der Waals surface area contributed by atoms with Crippen LogP contribution in [0.1, 0.15) is 86.0 Å². The smallest absolute Gasteiger partial charge is 0.334 e. The number of ether oxygens (including phenoxy) is 3. The van der Waals surface area contributed by atoms with E-state index in [1.807, 2.05) is 20.8 Å². The minimum atomic E-state index is -1.17. The average Bonchev–Trinajstić information content (AvgIpc) is 3.40. The monoisotopic (exact) mass is 518 g/mol. The first-order valence-electron chi connectivity index (χ1n) is 14.1. The number of aliphatic hydroxyl groups is 3. The highest BCUT2D eigenvalue weighted by atomic mass is 16.6. The second kappa shape index (κ2) is 7.80. The minimum absolute atomic E-state index is 0.00260. The molecule has 5 fully saturated rings. The van der Waals surface area contributed by atoms with Crippen molar-refractivity contribution in [2.75, 3.05) is 0 Å². The zero-order valence-electron chi connectivity index (χ0n) is 22.7. The molecule has 206 valence electrons. The third kappa shape index (κ3) is 3.28. The fraction of sp³-hybridized carbons (Fsp3) is 0.862. The Labute approximate surface area is 218 Å². The molecule has 3 aliphatic heterocycles. The van der Waals surface area contributed by atoms with Gasteiger partial charge in [-0.25, -0.2) is 4.79 Å². The molecule has 0 radical (unpaired) electrons. The molecule has 0 aromatic rings. The summed E-state index contributed by atoms with van der Waals surface area (Å²) in [5, 5.41) is 36.0. The molecule has 3 N–H and O–H groups in total. The lowest BCUT2D eigenvalue weighted by atomic mass is 9.51. The van der Waals surface area contributed by atoms with Gasteiger partial charge in [-0.1, -0.05) is 13.8 Å². The van der Waals surface area contributed by atoms with E-state index in [2.05, 4.69) is 6.92 Å². The summed E-state index contributed by atoms with van der Waals surface area (Å²) in [6, 6.07) is 0. The number of hydrogen-bond donors (Lipinski definition) is 3. The Bertz CT molecular complexity index is 1050. The molecule has 3 saturated carbocycles. The van der Waals surface area contributed by atoms with Crippen molar-refractivity contribution in [3.05, 3.63) is 11.6 Å². The Morgan fingerprint density at radius 2 is 1.73 bits per heavy atom. The first kappa shape index (κ1) is 25.8. The van der Waals surface area contributed by atoms with Crippen LogP contribution in [0, 0.1) is 29.1 Å². The van der Waals surface area contributed by atoms with Crippen LogP contribution in [-0.2, 0) is 23.8 Å². The second-order valence-corrected chi connectivity index (χ2v) is 13.9. The fourth-order valence-electron chi connectivity index (χ4n) is 10.00. The van der Waals surface area contributed by atoms with Crippen molar-refractivity contribution in [2.45, 2.75) is 127 Å². The van der Waals surface area contributed by atoms with Crippen molar-refractivity contribution in [3.63, 3.8) is 0 Å². The molecule has 11 unspecified atom stereocenters. The summed E-state index contributed by atoms with van der Waals surface area (Å²) in [4.78, 5) is 24.3. The zero-order valence-corrected chi connectivity index (χ0v) is 22.7. The van der Waals surface area contributed by atoms with Crippen LogP contribution in [0.25, 0.3) is 0 Å². The van der Waals surface area contributed by atoms with Crippen LogP contribution in [-0.4, -0.2) is 68.0 Å². The van der Waals surface area contributed by atoms with Gasteiger partial charge in [-0.2, -0.15) is 0 Å². The number of rotatable bonds is 3. The third-order valence-electron chi connectivity index (χ3n) is 11.8. The van der Waals surface area contributed by atoms with Crippen LogP contribution < -0.4 is 0 Å². The highest BCUT2D eigenvalue weighted by Gasteiger charge is 2.74. The molecule has 0 aromatic heterocycles. The predicted octanol–water partition coefficient (Wildman–Crippen LogP) is 2.81. The van der Waals surface area contributed by atoms with Crippen molar-refractivity contribution < 1.29 is 39.1 Å². The molecular formula is C29H42O8. The number of esters is 2. The van der Waals surface area contributed by atoms with Crippen LogP contribution in [0.4, 0.5) is 0 Å². The summed E-state index contributed by atoms with van der Waals surface area (Å²) < 4.78 is 17.8. The van der Waals surface area contributed by atoms with Gasteiger partial charge in [0.05, 0.1) is 29.3 Å². The van der Waals surface area contributed by atoms with Gasteiger partial charge in [-0.15, -0.1) is 0 Å². The Morgan fingerprint density at radius 1 is 1.03 bits per heavy atom. The molecular weight excluding hydrogens is 476 g/mol.